The molecule has 0 fully saturated rings. The lowest BCUT2D eigenvalue weighted by Gasteiger charge is -2.30. The first-order valence-corrected chi connectivity index (χ1v) is 5.15. The molecule has 1 atom stereocenters. The summed E-state index contributed by atoms with van der Waals surface area (Å²) in [7, 11) is 0. The Morgan fingerprint density at radius 3 is 2.27 bits per heavy atom. The quantitative estimate of drug-likeness (QED) is 0.708. The van der Waals surface area contributed by atoms with Gasteiger partial charge in [-0.05, 0) is 26.3 Å². The molecule has 0 aliphatic carbocycles. The summed E-state index contributed by atoms with van der Waals surface area (Å²) in [4.78, 5) is 10.4. The second-order valence-electron chi connectivity index (χ2n) is 4.45. The van der Waals surface area contributed by atoms with E-state index in [4.69, 9.17) is 4.74 Å². The predicted molar refractivity (Wildman–Crippen MR) is 60.8 cm³/mol. The highest BCUT2D eigenvalue weighted by molar-refractivity contribution is 5.39. The molecule has 1 aromatic carbocycles. The molecule has 2 heteroatoms. The van der Waals surface area contributed by atoms with Crippen molar-refractivity contribution in [1.82, 2.24) is 0 Å². The van der Waals surface area contributed by atoms with E-state index >= 15 is 0 Å². The fourth-order valence-electron chi connectivity index (χ4n) is 1.48. The standard InChI is InChI=1S/C13H18O2/c1-10-5-7-12(8-6-10)11(2)13(3,4)15-9-14/h5-9,11H,1-4H3. The highest BCUT2D eigenvalue weighted by Crippen LogP contribution is 2.30. The first kappa shape index (κ1) is 11.8. The lowest BCUT2D eigenvalue weighted by Crippen LogP contribution is -2.30. The average molecular weight is 206 g/mol. The minimum Gasteiger partial charge on any atom is -0.461 e. The van der Waals surface area contributed by atoms with Crippen molar-refractivity contribution in [3.63, 3.8) is 0 Å². The van der Waals surface area contributed by atoms with Crippen LogP contribution >= 0.6 is 0 Å². The Hall–Kier alpha value is -1.31. The minimum absolute atomic E-state index is 0.184. The van der Waals surface area contributed by atoms with Crippen LogP contribution in [0.5, 0.6) is 0 Å². The zero-order valence-corrected chi connectivity index (χ0v) is 9.78. The summed E-state index contributed by atoms with van der Waals surface area (Å²) >= 11 is 0. The van der Waals surface area contributed by atoms with Gasteiger partial charge in [0.15, 0.2) is 0 Å². The van der Waals surface area contributed by atoms with Gasteiger partial charge in [-0.1, -0.05) is 36.8 Å². The first-order valence-electron chi connectivity index (χ1n) is 5.15. The molecule has 0 spiro atoms. The predicted octanol–water partition coefficient (Wildman–Crippen LogP) is 3.05. The van der Waals surface area contributed by atoms with Crippen LogP contribution in [0.1, 0.15) is 37.8 Å². The number of benzene rings is 1. The highest BCUT2D eigenvalue weighted by atomic mass is 16.5. The molecule has 0 radical (unpaired) electrons. The lowest BCUT2D eigenvalue weighted by molar-refractivity contribution is -0.142. The van der Waals surface area contributed by atoms with Gasteiger partial charge in [-0.3, -0.25) is 4.79 Å². The van der Waals surface area contributed by atoms with Crippen LogP contribution in [0, 0.1) is 6.92 Å². The molecule has 1 unspecified atom stereocenters. The third-order valence-electron chi connectivity index (χ3n) is 2.97. The second-order valence-corrected chi connectivity index (χ2v) is 4.45. The molecule has 0 saturated carbocycles. The monoisotopic (exact) mass is 206 g/mol. The fourth-order valence-corrected chi connectivity index (χ4v) is 1.48. The molecule has 1 rings (SSSR count). The smallest absolute Gasteiger partial charge is 0.293 e. The minimum atomic E-state index is -0.461. The number of rotatable bonds is 4. The zero-order chi connectivity index (χ0) is 11.5. The summed E-state index contributed by atoms with van der Waals surface area (Å²) in [6.45, 7) is 8.48. The normalized spacial score (nSPS) is 13.3. The van der Waals surface area contributed by atoms with E-state index in [1.54, 1.807) is 0 Å². The van der Waals surface area contributed by atoms with Gasteiger partial charge in [-0.25, -0.2) is 0 Å². The summed E-state index contributed by atoms with van der Waals surface area (Å²) < 4.78 is 5.10. The van der Waals surface area contributed by atoms with Crippen LogP contribution in [0.15, 0.2) is 24.3 Å². The molecule has 0 bridgehead atoms. The third-order valence-corrected chi connectivity index (χ3v) is 2.97. The molecule has 82 valence electrons. The van der Waals surface area contributed by atoms with Crippen molar-refractivity contribution in [2.45, 2.75) is 39.2 Å². The fraction of sp³-hybridized carbons (Fsp3) is 0.462. The zero-order valence-electron chi connectivity index (χ0n) is 9.78. The van der Waals surface area contributed by atoms with Gasteiger partial charge in [0.2, 0.25) is 0 Å². The van der Waals surface area contributed by atoms with E-state index in [1.165, 1.54) is 11.1 Å². The number of carbonyl (C=O) groups excluding carboxylic acids is 1. The van der Waals surface area contributed by atoms with Crippen molar-refractivity contribution in [1.29, 1.82) is 0 Å². The Morgan fingerprint density at radius 1 is 1.27 bits per heavy atom. The van der Waals surface area contributed by atoms with E-state index in [1.807, 2.05) is 13.8 Å². The van der Waals surface area contributed by atoms with Crippen molar-refractivity contribution in [3.05, 3.63) is 35.4 Å². The molecule has 0 aliphatic rings. The van der Waals surface area contributed by atoms with E-state index in [9.17, 15) is 4.79 Å². The van der Waals surface area contributed by atoms with Gasteiger partial charge in [-0.2, -0.15) is 0 Å². The summed E-state index contributed by atoms with van der Waals surface area (Å²) in [6, 6.07) is 8.30. The van der Waals surface area contributed by atoms with Gasteiger partial charge in [0, 0.05) is 5.92 Å². The van der Waals surface area contributed by atoms with E-state index in [0.717, 1.165) is 0 Å². The van der Waals surface area contributed by atoms with Gasteiger partial charge in [0.25, 0.3) is 6.47 Å². The average Bonchev–Trinajstić information content (AvgIpc) is 2.18. The van der Waals surface area contributed by atoms with E-state index in [-0.39, 0.29) is 5.92 Å². The van der Waals surface area contributed by atoms with Crippen LogP contribution in [-0.2, 0) is 9.53 Å². The Kier molecular flexibility index (Phi) is 3.51. The van der Waals surface area contributed by atoms with Crippen molar-refractivity contribution < 1.29 is 9.53 Å². The van der Waals surface area contributed by atoms with Crippen molar-refractivity contribution in [2.24, 2.45) is 0 Å². The summed E-state index contributed by atoms with van der Waals surface area (Å²) in [5.74, 6) is 0.184. The summed E-state index contributed by atoms with van der Waals surface area (Å²) in [5.41, 5.74) is 1.96. The van der Waals surface area contributed by atoms with E-state index in [2.05, 4.69) is 38.1 Å². The molecule has 1 aromatic rings. The lowest BCUT2D eigenvalue weighted by atomic mass is 9.86. The molecular weight excluding hydrogens is 188 g/mol. The summed E-state index contributed by atoms with van der Waals surface area (Å²) in [6.07, 6.45) is 0. The van der Waals surface area contributed by atoms with Gasteiger partial charge >= 0.3 is 0 Å². The van der Waals surface area contributed by atoms with Crippen LogP contribution < -0.4 is 0 Å². The maximum Gasteiger partial charge on any atom is 0.293 e. The first-order chi connectivity index (χ1) is 6.97. The van der Waals surface area contributed by atoms with Crippen LogP contribution in [0.4, 0.5) is 0 Å². The van der Waals surface area contributed by atoms with Crippen LogP contribution in [0.3, 0.4) is 0 Å². The molecule has 0 saturated heterocycles. The van der Waals surface area contributed by atoms with Crippen molar-refractivity contribution in [2.75, 3.05) is 0 Å². The molecular formula is C13H18O2. The van der Waals surface area contributed by atoms with Crippen LogP contribution in [0.25, 0.3) is 0 Å². The van der Waals surface area contributed by atoms with Gasteiger partial charge in [-0.15, -0.1) is 0 Å². The Morgan fingerprint density at radius 2 is 1.80 bits per heavy atom. The maximum atomic E-state index is 10.4. The third kappa shape index (κ3) is 2.82. The molecule has 0 aliphatic heterocycles. The molecule has 0 amide bonds. The van der Waals surface area contributed by atoms with Crippen molar-refractivity contribution >= 4 is 6.47 Å². The van der Waals surface area contributed by atoms with Gasteiger partial charge in [0.05, 0.1) is 0 Å². The van der Waals surface area contributed by atoms with Crippen LogP contribution in [0.2, 0.25) is 0 Å². The molecule has 0 heterocycles. The number of aryl methyl sites for hydroxylation is 1. The molecule has 2 nitrogen and oxygen atoms in total. The Bertz CT molecular complexity index is 325. The number of hydrogen-bond donors (Lipinski definition) is 0. The molecule has 0 aromatic heterocycles. The van der Waals surface area contributed by atoms with Crippen molar-refractivity contribution in [3.8, 4) is 0 Å². The highest BCUT2D eigenvalue weighted by Gasteiger charge is 2.28. The van der Waals surface area contributed by atoms with Crippen LogP contribution in [-0.4, -0.2) is 12.1 Å². The largest absolute Gasteiger partial charge is 0.461 e. The topological polar surface area (TPSA) is 26.3 Å². The SMILES string of the molecule is Cc1ccc(C(C)C(C)(C)OC=O)cc1. The number of carbonyl (C=O) groups is 1. The van der Waals surface area contributed by atoms with Gasteiger partial charge < -0.3 is 4.74 Å². The molecule has 15 heavy (non-hydrogen) atoms. The maximum absolute atomic E-state index is 10.4. The summed E-state index contributed by atoms with van der Waals surface area (Å²) in [5, 5.41) is 0. The van der Waals surface area contributed by atoms with E-state index < -0.39 is 5.60 Å². The Labute approximate surface area is 91.3 Å². The number of hydrogen-bond acceptors (Lipinski definition) is 2. The van der Waals surface area contributed by atoms with Gasteiger partial charge in [0.1, 0.15) is 5.60 Å². The number of ether oxygens (including phenoxy) is 1. The Balaban J connectivity index is 2.88. The molecule has 0 N–H and O–H groups in total. The van der Waals surface area contributed by atoms with E-state index in [0.29, 0.717) is 6.47 Å². The second kappa shape index (κ2) is 4.47.